The number of aromatic nitrogens is 1. The largest absolute Gasteiger partial charge is 0.339 e. The van der Waals surface area contributed by atoms with Gasteiger partial charge < -0.3 is 4.90 Å². The van der Waals surface area contributed by atoms with Crippen LogP contribution in [0.4, 0.5) is 0 Å². The van der Waals surface area contributed by atoms with Gasteiger partial charge >= 0.3 is 0 Å². The van der Waals surface area contributed by atoms with Crippen LogP contribution in [0.3, 0.4) is 0 Å². The summed E-state index contributed by atoms with van der Waals surface area (Å²) in [6.07, 6.45) is 5.26. The quantitative estimate of drug-likeness (QED) is 0.835. The Bertz CT molecular complexity index is 572. The average Bonchev–Trinajstić information content (AvgIpc) is 2.56. The highest BCUT2D eigenvalue weighted by Crippen LogP contribution is 2.19. The molecule has 1 saturated heterocycles. The van der Waals surface area contributed by atoms with Crippen LogP contribution in [0.5, 0.6) is 0 Å². The Morgan fingerprint density at radius 3 is 2.35 bits per heavy atom. The van der Waals surface area contributed by atoms with Gasteiger partial charge in [0, 0.05) is 30.4 Å². The number of pyridine rings is 1. The fraction of sp³-hybridized carbons (Fsp3) is 0.294. The maximum Gasteiger partial charge on any atom is 0.253 e. The summed E-state index contributed by atoms with van der Waals surface area (Å²) in [5.74, 6) is 0.150. The van der Waals surface area contributed by atoms with Crippen molar-refractivity contribution >= 4 is 5.91 Å². The van der Waals surface area contributed by atoms with Crippen LogP contribution in [-0.4, -0.2) is 28.9 Å². The molecule has 0 unspecified atom stereocenters. The first kappa shape index (κ1) is 12.9. The van der Waals surface area contributed by atoms with Crippen molar-refractivity contribution in [2.75, 3.05) is 13.1 Å². The van der Waals surface area contributed by atoms with Crippen LogP contribution in [0.15, 0.2) is 48.7 Å². The molecule has 1 aliphatic rings. The lowest BCUT2D eigenvalue weighted by Crippen LogP contribution is -2.35. The Morgan fingerprint density at radius 1 is 0.950 bits per heavy atom. The summed E-state index contributed by atoms with van der Waals surface area (Å²) in [4.78, 5) is 18.6. The van der Waals surface area contributed by atoms with Gasteiger partial charge in [0.05, 0.1) is 5.69 Å². The number of benzene rings is 1. The Morgan fingerprint density at radius 2 is 1.70 bits per heavy atom. The van der Waals surface area contributed by atoms with Crippen molar-refractivity contribution < 1.29 is 4.79 Å². The molecule has 20 heavy (non-hydrogen) atoms. The Labute approximate surface area is 119 Å². The van der Waals surface area contributed by atoms with Crippen molar-refractivity contribution in [3.8, 4) is 11.3 Å². The summed E-state index contributed by atoms with van der Waals surface area (Å²) in [6.45, 7) is 1.78. The van der Waals surface area contributed by atoms with Crippen LogP contribution in [0.2, 0.25) is 0 Å². The van der Waals surface area contributed by atoms with E-state index in [2.05, 4.69) is 4.98 Å². The summed E-state index contributed by atoms with van der Waals surface area (Å²) in [5.41, 5.74) is 2.75. The van der Waals surface area contributed by atoms with Crippen molar-refractivity contribution in [1.82, 2.24) is 9.88 Å². The van der Waals surface area contributed by atoms with E-state index in [0.717, 1.165) is 42.8 Å². The molecule has 1 amide bonds. The third kappa shape index (κ3) is 2.72. The van der Waals surface area contributed by atoms with Gasteiger partial charge in [-0.15, -0.1) is 0 Å². The number of hydrogen-bond donors (Lipinski definition) is 0. The number of amides is 1. The normalized spacial score (nSPS) is 15.1. The maximum atomic E-state index is 12.4. The molecule has 1 aromatic heterocycles. The Balaban J connectivity index is 1.77. The second-order valence-electron chi connectivity index (χ2n) is 5.15. The zero-order valence-electron chi connectivity index (χ0n) is 11.5. The van der Waals surface area contributed by atoms with Crippen LogP contribution < -0.4 is 0 Å². The van der Waals surface area contributed by atoms with E-state index in [-0.39, 0.29) is 5.91 Å². The first-order valence-electron chi connectivity index (χ1n) is 7.15. The van der Waals surface area contributed by atoms with Crippen LogP contribution in [0.1, 0.15) is 29.6 Å². The first-order chi connectivity index (χ1) is 9.84. The molecule has 1 fully saturated rings. The molecule has 3 rings (SSSR count). The highest BCUT2D eigenvalue weighted by atomic mass is 16.2. The fourth-order valence-electron chi connectivity index (χ4n) is 2.60. The van der Waals surface area contributed by atoms with Gasteiger partial charge in [-0.3, -0.25) is 9.78 Å². The van der Waals surface area contributed by atoms with Crippen molar-refractivity contribution in [2.45, 2.75) is 19.3 Å². The molecule has 3 nitrogen and oxygen atoms in total. The van der Waals surface area contributed by atoms with Gasteiger partial charge in [-0.25, -0.2) is 0 Å². The number of piperidine rings is 1. The van der Waals surface area contributed by atoms with Crippen molar-refractivity contribution in [2.24, 2.45) is 0 Å². The van der Waals surface area contributed by atoms with Crippen LogP contribution in [0.25, 0.3) is 11.3 Å². The zero-order valence-corrected chi connectivity index (χ0v) is 11.5. The number of carbonyl (C=O) groups is 1. The summed E-state index contributed by atoms with van der Waals surface area (Å²) in [6, 6.07) is 13.6. The number of nitrogens with zero attached hydrogens (tertiary/aromatic N) is 2. The minimum Gasteiger partial charge on any atom is -0.339 e. The van der Waals surface area contributed by atoms with Crippen molar-refractivity contribution in [3.63, 3.8) is 0 Å². The molecule has 2 aromatic rings. The maximum absolute atomic E-state index is 12.4. The minimum atomic E-state index is 0.150. The van der Waals surface area contributed by atoms with E-state index in [0.29, 0.717) is 0 Å². The zero-order chi connectivity index (χ0) is 13.8. The smallest absolute Gasteiger partial charge is 0.253 e. The van der Waals surface area contributed by atoms with Gasteiger partial charge in [-0.05, 0) is 43.5 Å². The molecule has 0 N–H and O–H groups in total. The molecular weight excluding hydrogens is 248 g/mol. The Kier molecular flexibility index (Phi) is 3.77. The number of likely N-dealkylation sites (tertiary alicyclic amines) is 1. The standard InChI is InChI=1S/C17H18N2O/c20-17(19-12-4-1-5-13-19)15-9-7-14(8-10-15)16-6-2-3-11-18-16/h2-3,6-11H,1,4-5,12-13H2. The second-order valence-corrected chi connectivity index (χ2v) is 5.15. The fourth-order valence-corrected chi connectivity index (χ4v) is 2.60. The summed E-state index contributed by atoms with van der Waals surface area (Å²) in [7, 11) is 0. The van der Waals surface area contributed by atoms with Gasteiger partial charge in [0.15, 0.2) is 0 Å². The molecule has 102 valence electrons. The first-order valence-corrected chi connectivity index (χ1v) is 7.15. The van der Waals surface area contributed by atoms with Crippen molar-refractivity contribution in [3.05, 3.63) is 54.2 Å². The summed E-state index contributed by atoms with van der Waals surface area (Å²) in [5, 5.41) is 0. The molecule has 0 radical (unpaired) electrons. The molecule has 0 aliphatic carbocycles. The van der Waals surface area contributed by atoms with E-state index in [4.69, 9.17) is 0 Å². The van der Waals surface area contributed by atoms with E-state index < -0.39 is 0 Å². The van der Waals surface area contributed by atoms with Gasteiger partial charge in [-0.2, -0.15) is 0 Å². The molecule has 0 spiro atoms. The van der Waals surface area contributed by atoms with Gasteiger partial charge in [0.2, 0.25) is 0 Å². The number of hydrogen-bond acceptors (Lipinski definition) is 2. The van der Waals surface area contributed by atoms with E-state index in [9.17, 15) is 4.79 Å². The lowest BCUT2D eigenvalue weighted by molar-refractivity contribution is 0.0724. The lowest BCUT2D eigenvalue weighted by atomic mass is 10.1. The highest BCUT2D eigenvalue weighted by molar-refractivity contribution is 5.94. The Hall–Kier alpha value is -2.16. The molecule has 0 saturated carbocycles. The van der Waals surface area contributed by atoms with E-state index >= 15 is 0 Å². The van der Waals surface area contributed by atoms with E-state index in [1.54, 1.807) is 6.20 Å². The molecule has 0 bridgehead atoms. The highest BCUT2D eigenvalue weighted by Gasteiger charge is 2.17. The van der Waals surface area contributed by atoms with Crippen LogP contribution in [0, 0.1) is 0 Å². The molecule has 1 aliphatic heterocycles. The second kappa shape index (κ2) is 5.87. The van der Waals surface area contributed by atoms with E-state index in [1.165, 1.54) is 6.42 Å². The predicted molar refractivity (Wildman–Crippen MR) is 79.4 cm³/mol. The lowest BCUT2D eigenvalue weighted by Gasteiger charge is -2.26. The average molecular weight is 266 g/mol. The molecular formula is C17H18N2O. The van der Waals surface area contributed by atoms with Crippen molar-refractivity contribution in [1.29, 1.82) is 0 Å². The third-order valence-corrected chi connectivity index (χ3v) is 3.74. The predicted octanol–water partition coefficient (Wildman–Crippen LogP) is 3.37. The third-order valence-electron chi connectivity index (χ3n) is 3.74. The summed E-state index contributed by atoms with van der Waals surface area (Å²) >= 11 is 0. The monoisotopic (exact) mass is 266 g/mol. The van der Waals surface area contributed by atoms with Crippen LogP contribution in [-0.2, 0) is 0 Å². The minimum absolute atomic E-state index is 0.150. The molecule has 3 heteroatoms. The summed E-state index contributed by atoms with van der Waals surface area (Å²) < 4.78 is 0. The van der Waals surface area contributed by atoms with Gasteiger partial charge in [0.25, 0.3) is 5.91 Å². The van der Waals surface area contributed by atoms with Gasteiger partial charge in [0.1, 0.15) is 0 Å². The molecule has 1 aromatic carbocycles. The van der Waals surface area contributed by atoms with E-state index in [1.807, 2.05) is 47.4 Å². The molecule has 0 atom stereocenters. The topological polar surface area (TPSA) is 33.2 Å². The van der Waals surface area contributed by atoms with Crippen LogP contribution >= 0.6 is 0 Å². The van der Waals surface area contributed by atoms with Gasteiger partial charge in [-0.1, -0.05) is 18.2 Å². The molecule has 2 heterocycles. The number of rotatable bonds is 2. The SMILES string of the molecule is O=C(c1ccc(-c2ccccn2)cc1)N1CCCCC1. The number of carbonyl (C=O) groups excluding carboxylic acids is 1.